The summed E-state index contributed by atoms with van der Waals surface area (Å²) in [5, 5.41) is 10.4. The zero-order valence-corrected chi connectivity index (χ0v) is 7.97. The van der Waals surface area contributed by atoms with E-state index in [0.717, 1.165) is 6.07 Å². The van der Waals surface area contributed by atoms with Crippen LogP contribution in [0.2, 0.25) is 0 Å². The first-order chi connectivity index (χ1) is 7.50. The molecule has 1 aromatic rings. The first kappa shape index (κ1) is 11.4. The molecule has 0 radical (unpaired) electrons. The molecule has 84 valence electrons. The topological polar surface area (TPSA) is 127 Å². The maximum atomic E-state index is 11.3. The molecule has 1 rings (SSSR count). The Morgan fingerprint density at radius 3 is 2.56 bits per heavy atom. The first-order valence-corrected chi connectivity index (χ1v) is 4.11. The Morgan fingerprint density at radius 1 is 1.31 bits per heavy atom. The van der Waals surface area contributed by atoms with Gasteiger partial charge in [-0.3, -0.25) is 20.3 Å². The van der Waals surface area contributed by atoms with Crippen molar-refractivity contribution in [3.63, 3.8) is 0 Å². The number of nitrogens with one attached hydrogen (secondary N) is 2. The highest BCUT2D eigenvalue weighted by molar-refractivity contribution is 5.95. The number of urea groups is 1. The van der Waals surface area contributed by atoms with E-state index in [1.807, 2.05) is 10.9 Å². The number of nitrogens with zero attached hydrogens (tertiary/aromatic N) is 1. The highest BCUT2D eigenvalue weighted by Crippen LogP contribution is 2.12. The summed E-state index contributed by atoms with van der Waals surface area (Å²) in [5.74, 6) is -0.692. The van der Waals surface area contributed by atoms with E-state index >= 15 is 0 Å². The molecule has 0 aliphatic carbocycles. The molecule has 0 atom stereocenters. The molecular weight excluding hydrogens is 216 g/mol. The number of nitro groups is 1. The predicted octanol–water partition coefficient (Wildman–Crippen LogP) is -0.0921. The molecule has 3 amide bonds. The molecule has 0 fully saturated rings. The van der Waals surface area contributed by atoms with Crippen LogP contribution in [-0.2, 0) is 0 Å². The minimum Gasteiger partial charge on any atom is -0.350 e. The van der Waals surface area contributed by atoms with Gasteiger partial charge in [0, 0.05) is 17.7 Å². The molecule has 0 spiro atoms. The van der Waals surface area contributed by atoms with Gasteiger partial charge in [-0.15, -0.1) is 0 Å². The quantitative estimate of drug-likeness (QED) is 0.479. The Hall–Kier alpha value is -2.64. The van der Waals surface area contributed by atoms with Crippen molar-refractivity contribution in [2.45, 2.75) is 0 Å². The molecule has 0 heterocycles. The fourth-order valence-electron chi connectivity index (χ4n) is 0.951. The van der Waals surface area contributed by atoms with Crippen LogP contribution >= 0.6 is 0 Å². The predicted molar refractivity (Wildman–Crippen MR) is 53.3 cm³/mol. The van der Waals surface area contributed by atoms with Crippen LogP contribution in [0.5, 0.6) is 0 Å². The second-order valence-corrected chi connectivity index (χ2v) is 2.75. The Morgan fingerprint density at radius 2 is 2.00 bits per heavy atom. The number of nitrogens with two attached hydrogens (primary N) is 1. The van der Waals surface area contributed by atoms with Crippen LogP contribution in [0.3, 0.4) is 0 Å². The average molecular weight is 224 g/mol. The van der Waals surface area contributed by atoms with Gasteiger partial charge in [0.05, 0.1) is 4.92 Å². The van der Waals surface area contributed by atoms with Crippen LogP contribution in [0.15, 0.2) is 24.3 Å². The second-order valence-electron chi connectivity index (χ2n) is 2.75. The number of hydrogen-bond acceptors (Lipinski definition) is 4. The third-order valence-electron chi connectivity index (χ3n) is 1.62. The van der Waals surface area contributed by atoms with E-state index in [4.69, 9.17) is 5.73 Å². The highest BCUT2D eigenvalue weighted by atomic mass is 16.6. The molecule has 1 aromatic carbocycles. The smallest absolute Gasteiger partial charge is 0.330 e. The molecular formula is C8H8N4O4. The van der Waals surface area contributed by atoms with E-state index in [2.05, 4.69) is 0 Å². The molecule has 0 aliphatic rings. The number of carbonyl (C=O) groups is 2. The molecule has 8 heteroatoms. The van der Waals surface area contributed by atoms with Crippen molar-refractivity contribution in [1.82, 2.24) is 10.9 Å². The number of hydrogen-bond donors (Lipinski definition) is 3. The summed E-state index contributed by atoms with van der Waals surface area (Å²) >= 11 is 0. The highest BCUT2D eigenvalue weighted by Gasteiger charge is 2.11. The maximum absolute atomic E-state index is 11.3. The van der Waals surface area contributed by atoms with Crippen LogP contribution in [0.1, 0.15) is 10.4 Å². The normalized spacial score (nSPS) is 9.25. The number of carbonyl (C=O) groups excluding carboxylic acids is 2. The Kier molecular flexibility index (Phi) is 3.38. The van der Waals surface area contributed by atoms with Crippen LogP contribution in [0, 0.1) is 10.1 Å². The van der Waals surface area contributed by atoms with Crippen molar-refractivity contribution in [1.29, 1.82) is 0 Å². The summed E-state index contributed by atoms with van der Waals surface area (Å²) in [6.07, 6.45) is 0. The van der Waals surface area contributed by atoms with Gasteiger partial charge in [-0.25, -0.2) is 10.2 Å². The molecule has 4 N–H and O–H groups in total. The number of amides is 3. The van der Waals surface area contributed by atoms with Gasteiger partial charge >= 0.3 is 6.03 Å². The number of hydrazine groups is 1. The van der Waals surface area contributed by atoms with Gasteiger partial charge in [-0.1, -0.05) is 6.07 Å². The van der Waals surface area contributed by atoms with Crippen molar-refractivity contribution in [2.24, 2.45) is 5.73 Å². The molecule has 8 nitrogen and oxygen atoms in total. The maximum Gasteiger partial charge on any atom is 0.330 e. The van der Waals surface area contributed by atoms with Gasteiger partial charge in [0.15, 0.2) is 0 Å². The third kappa shape index (κ3) is 2.94. The Balaban J connectivity index is 2.79. The number of primary amides is 1. The minimum absolute atomic E-state index is 0.0444. The van der Waals surface area contributed by atoms with Gasteiger partial charge in [0.25, 0.3) is 11.6 Å². The molecule has 0 saturated carbocycles. The zero-order chi connectivity index (χ0) is 12.1. The Labute approximate surface area is 89.5 Å². The number of non-ortho nitro benzene ring substituents is 1. The summed E-state index contributed by atoms with van der Waals surface area (Å²) in [7, 11) is 0. The molecule has 0 aromatic heterocycles. The van der Waals surface area contributed by atoms with E-state index in [-0.39, 0.29) is 11.3 Å². The lowest BCUT2D eigenvalue weighted by Crippen LogP contribution is -2.44. The minimum atomic E-state index is -0.932. The van der Waals surface area contributed by atoms with Crippen LogP contribution in [0.25, 0.3) is 0 Å². The second kappa shape index (κ2) is 4.73. The van der Waals surface area contributed by atoms with Crippen molar-refractivity contribution in [3.05, 3.63) is 39.9 Å². The molecule has 0 bridgehead atoms. The van der Waals surface area contributed by atoms with Crippen molar-refractivity contribution < 1.29 is 14.5 Å². The summed E-state index contributed by atoms with van der Waals surface area (Å²) in [6.45, 7) is 0. The SMILES string of the molecule is NC(=O)NNC(=O)c1cccc([N+](=O)[O-])c1. The van der Waals surface area contributed by atoms with Gasteiger partial charge in [0.2, 0.25) is 0 Å². The molecule has 16 heavy (non-hydrogen) atoms. The van der Waals surface area contributed by atoms with Gasteiger partial charge in [-0.05, 0) is 6.07 Å². The van der Waals surface area contributed by atoms with E-state index < -0.39 is 16.9 Å². The van der Waals surface area contributed by atoms with E-state index in [1.165, 1.54) is 18.2 Å². The standard InChI is InChI=1S/C8H8N4O4/c9-8(14)11-10-7(13)5-2-1-3-6(4-5)12(15)16/h1-4H,(H,10,13)(H3,9,11,14). The van der Waals surface area contributed by atoms with Crippen LogP contribution < -0.4 is 16.6 Å². The number of nitro benzene ring substituents is 1. The first-order valence-electron chi connectivity index (χ1n) is 4.11. The van der Waals surface area contributed by atoms with Crippen LogP contribution in [-0.4, -0.2) is 16.9 Å². The van der Waals surface area contributed by atoms with E-state index in [1.54, 1.807) is 0 Å². The number of rotatable bonds is 2. The lowest BCUT2D eigenvalue weighted by atomic mass is 10.2. The average Bonchev–Trinajstić information content (AvgIpc) is 2.26. The summed E-state index contributed by atoms with van der Waals surface area (Å²) in [5.41, 5.74) is 8.39. The fourth-order valence-corrected chi connectivity index (χ4v) is 0.951. The van der Waals surface area contributed by atoms with Crippen molar-refractivity contribution in [3.8, 4) is 0 Å². The lowest BCUT2D eigenvalue weighted by Gasteiger charge is -2.03. The van der Waals surface area contributed by atoms with Gasteiger partial charge < -0.3 is 5.73 Å². The summed E-state index contributed by atoms with van der Waals surface area (Å²) < 4.78 is 0. The molecule has 0 saturated heterocycles. The molecule has 0 aliphatic heterocycles. The van der Waals surface area contributed by atoms with Crippen LogP contribution in [0.4, 0.5) is 10.5 Å². The molecule has 0 unspecified atom stereocenters. The zero-order valence-electron chi connectivity index (χ0n) is 7.97. The van der Waals surface area contributed by atoms with E-state index in [9.17, 15) is 19.7 Å². The van der Waals surface area contributed by atoms with Gasteiger partial charge in [-0.2, -0.15) is 0 Å². The van der Waals surface area contributed by atoms with Crippen molar-refractivity contribution >= 4 is 17.6 Å². The van der Waals surface area contributed by atoms with Crippen molar-refractivity contribution in [2.75, 3.05) is 0 Å². The third-order valence-corrected chi connectivity index (χ3v) is 1.62. The summed E-state index contributed by atoms with van der Waals surface area (Å²) in [4.78, 5) is 31.4. The lowest BCUT2D eigenvalue weighted by molar-refractivity contribution is -0.384. The summed E-state index contributed by atoms with van der Waals surface area (Å²) in [6, 6.07) is 4.12. The number of benzene rings is 1. The largest absolute Gasteiger partial charge is 0.350 e. The van der Waals surface area contributed by atoms with E-state index in [0.29, 0.717) is 0 Å². The Bertz CT molecular complexity index is 445. The fraction of sp³-hybridized carbons (Fsp3) is 0. The monoisotopic (exact) mass is 224 g/mol. The van der Waals surface area contributed by atoms with Gasteiger partial charge in [0.1, 0.15) is 0 Å².